The summed E-state index contributed by atoms with van der Waals surface area (Å²) in [6, 6.07) is 1.67. The van der Waals surface area contributed by atoms with E-state index in [9.17, 15) is 4.79 Å². The van der Waals surface area contributed by atoms with Crippen LogP contribution in [0.25, 0.3) is 0 Å². The van der Waals surface area contributed by atoms with E-state index in [1.54, 1.807) is 12.3 Å². The minimum absolute atomic E-state index is 0.104. The predicted molar refractivity (Wildman–Crippen MR) is 90.5 cm³/mol. The van der Waals surface area contributed by atoms with Crippen LogP contribution in [0.15, 0.2) is 12.3 Å². The molecule has 1 fully saturated rings. The number of halogens is 1. The van der Waals surface area contributed by atoms with Crippen LogP contribution in [0.3, 0.4) is 0 Å². The van der Waals surface area contributed by atoms with Gasteiger partial charge in [0.1, 0.15) is 5.82 Å². The first-order valence-corrected chi connectivity index (χ1v) is 8.93. The van der Waals surface area contributed by atoms with Crippen molar-refractivity contribution in [3.8, 4) is 0 Å². The fraction of sp³-hybridized carbons (Fsp3) is 0.600. The maximum atomic E-state index is 12.2. The molecule has 6 heteroatoms. The molecule has 0 atom stereocenters. The van der Waals surface area contributed by atoms with E-state index in [0.717, 1.165) is 6.54 Å². The van der Waals surface area contributed by atoms with Gasteiger partial charge in [0.15, 0.2) is 0 Å². The molecule has 2 N–H and O–H groups in total. The van der Waals surface area contributed by atoms with Gasteiger partial charge < -0.3 is 10.6 Å². The van der Waals surface area contributed by atoms with Crippen LogP contribution in [0.2, 0.25) is 5.02 Å². The molecular weight excluding hydrogens is 306 g/mol. The van der Waals surface area contributed by atoms with Crippen LogP contribution < -0.4 is 10.6 Å². The highest BCUT2D eigenvalue weighted by atomic mass is 35.5. The predicted octanol–water partition coefficient (Wildman–Crippen LogP) is 3.57. The second-order valence-corrected chi connectivity index (χ2v) is 7.04. The molecule has 1 aliphatic carbocycles. The van der Waals surface area contributed by atoms with Crippen molar-refractivity contribution in [1.29, 1.82) is 0 Å². The molecule has 1 aliphatic rings. The number of nitrogens with zero attached hydrogens (tertiary/aromatic N) is 1. The van der Waals surface area contributed by atoms with Crippen LogP contribution in [-0.4, -0.2) is 35.0 Å². The highest BCUT2D eigenvalue weighted by molar-refractivity contribution is 8.00. The molecule has 0 bridgehead atoms. The lowest BCUT2D eigenvalue weighted by Gasteiger charge is -2.26. The van der Waals surface area contributed by atoms with E-state index < -0.39 is 0 Å². The van der Waals surface area contributed by atoms with Crippen LogP contribution >= 0.6 is 23.4 Å². The van der Waals surface area contributed by atoms with Gasteiger partial charge >= 0.3 is 0 Å². The molecule has 0 unspecified atom stereocenters. The molecule has 116 valence electrons. The molecule has 1 saturated carbocycles. The largest absolute Gasteiger partial charge is 0.369 e. The maximum Gasteiger partial charge on any atom is 0.252 e. The Morgan fingerprint density at radius 1 is 1.48 bits per heavy atom. The van der Waals surface area contributed by atoms with Gasteiger partial charge in [-0.25, -0.2) is 4.98 Å². The number of hydrogen-bond donors (Lipinski definition) is 2. The molecule has 1 heterocycles. The van der Waals surface area contributed by atoms with Crippen molar-refractivity contribution in [2.45, 2.75) is 37.4 Å². The lowest BCUT2D eigenvalue weighted by Crippen LogP contribution is -2.38. The quantitative estimate of drug-likeness (QED) is 0.838. The lowest BCUT2D eigenvalue weighted by atomic mass is 10.1. The maximum absolute atomic E-state index is 12.2. The monoisotopic (exact) mass is 327 g/mol. The standard InChI is InChI=1S/C15H22ClN3OS/c1-3-17-13-12(16)8-11(9-18-13)14(20)19-10-15(21-2)6-4-5-7-15/h8-9H,3-7,10H2,1-2H3,(H,17,18)(H,19,20). The Balaban J connectivity index is 1.98. The summed E-state index contributed by atoms with van der Waals surface area (Å²) in [4.78, 5) is 16.4. The van der Waals surface area contributed by atoms with E-state index in [1.807, 2.05) is 18.7 Å². The van der Waals surface area contributed by atoms with Crippen molar-refractivity contribution in [2.24, 2.45) is 0 Å². The number of amides is 1. The number of nitrogens with one attached hydrogen (secondary N) is 2. The summed E-state index contributed by atoms with van der Waals surface area (Å²) in [5.41, 5.74) is 0.510. The summed E-state index contributed by atoms with van der Waals surface area (Å²) >= 11 is 7.99. The zero-order chi connectivity index (χ0) is 15.3. The Labute approximate surface area is 135 Å². The van der Waals surface area contributed by atoms with Crippen LogP contribution in [0.4, 0.5) is 5.82 Å². The van der Waals surface area contributed by atoms with Crippen molar-refractivity contribution in [2.75, 3.05) is 24.7 Å². The van der Waals surface area contributed by atoms with Crippen LogP contribution in [0.5, 0.6) is 0 Å². The molecular formula is C15H22ClN3OS. The van der Waals surface area contributed by atoms with Gasteiger partial charge in [0, 0.05) is 24.0 Å². The zero-order valence-electron chi connectivity index (χ0n) is 12.5. The second kappa shape index (κ2) is 7.36. The normalized spacial score (nSPS) is 16.7. The highest BCUT2D eigenvalue weighted by Crippen LogP contribution is 2.39. The summed E-state index contributed by atoms with van der Waals surface area (Å²) in [6.07, 6.45) is 8.54. The van der Waals surface area contributed by atoms with Gasteiger partial charge in [0.2, 0.25) is 0 Å². The van der Waals surface area contributed by atoms with Crippen molar-refractivity contribution < 1.29 is 4.79 Å². The Bertz CT molecular complexity index is 504. The van der Waals surface area contributed by atoms with Crippen LogP contribution in [0.1, 0.15) is 43.0 Å². The molecule has 21 heavy (non-hydrogen) atoms. The second-order valence-electron chi connectivity index (χ2n) is 5.36. The van der Waals surface area contributed by atoms with Gasteiger partial charge in [-0.15, -0.1) is 0 Å². The highest BCUT2D eigenvalue weighted by Gasteiger charge is 2.33. The van der Waals surface area contributed by atoms with E-state index in [2.05, 4.69) is 21.9 Å². The molecule has 0 saturated heterocycles. The summed E-state index contributed by atoms with van der Waals surface area (Å²) in [5, 5.41) is 6.57. The number of thioether (sulfide) groups is 1. The third-order valence-electron chi connectivity index (χ3n) is 3.97. The fourth-order valence-corrected chi connectivity index (χ4v) is 3.82. The molecule has 1 aromatic heterocycles. The van der Waals surface area contributed by atoms with Gasteiger partial charge in [-0.2, -0.15) is 11.8 Å². The molecule has 4 nitrogen and oxygen atoms in total. The van der Waals surface area contributed by atoms with Crippen molar-refractivity contribution >= 4 is 35.1 Å². The molecule has 1 aromatic rings. The average molecular weight is 328 g/mol. The molecule has 0 aliphatic heterocycles. The molecule has 2 rings (SSSR count). The van der Waals surface area contributed by atoms with E-state index in [0.29, 0.717) is 22.9 Å². The SMILES string of the molecule is CCNc1ncc(C(=O)NCC2(SC)CCCC2)cc1Cl. The summed E-state index contributed by atoms with van der Waals surface area (Å²) < 4.78 is 0.205. The summed E-state index contributed by atoms with van der Waals surface area (Å²) in [5.74, 6) is 0.514. The Kier molecular flexibility index (Phi) is 5.76. The van der Waals surface area contributed by atoms with Gasteiger partial charge in [-0.1, -0.05) is 24.4 Å². The van der Waals surface area contributed by atoms with Gasteiger partial charge in [0.05, 0.1) is 10.6 Å². The smallest absolute Gasteiger partial charge is 0.252 e. The first-order chi connectivity index (χ1) is 10.1. The number of aromatic nitrogens is 1. The number of carbonyl (C=O) groups excluding carboxylic acids is 1. The zero-order valence-corrected chi connectivity index (χ0v) is 14.1. The number of pyridine rings is 1. The third kappa shape index (κ3) is 4.04. The molecule has 0 spiro atoms. The van der Waals surface area contributed by atoms with E-state index >= 15 is 0 Å². The van der Waals surface area contributed by atoms with Crippen molar-refractivity contribution in [1.82, 2.24) is 10.3 Å². The van der Waals surface area contributed by atoms with Crippen LogP contribution in [-0.2, 0) is 0 Å². The number of carbonyl (C=O) groups is 1. The fourth-order valence-electron chi connectivity index (χ4n) is 2.68. The lowest BCUT2D eigenvalue weighted by molar-refractivity contribution is 0.0949. The Morgan fingerprint density at radius 2 is 2.19 bits per heavy atom. The first kappa shape index (κ1) is 16.4. The number of anilines is 1. The Morgan fingerprint density at radius 3 is 2.76 bits per heavy atom. The average Bonchev–Trinajstić information content (AvgIpc) is 2.96. The van der Waals surface area contributed by atoms with Gasteiger partial charge in [-0.05, 0) is 32.1 Å². The first-order valence-electron chi connectivity index (χ1n) is 7.33. The van der Waals surface area contributed by atoms with Crippen LogP contribution in [0, 0.1) is 0 Å². The van der Waals surface area contributed by atoms with E-state index in [1.165, 1.54) is 25.7 Å². The third-order valence-corrected chi connectivity index (χ3v) is 5.67. The number of hydrogen-bond acceptors (Lipinski definition) is 4. The van der Waals surface area contributed by atoms with E-state index in [4.69, 9.17) is 11.6 Å². The molecule has 0 aromatic carbocycles. The minimum atomic E-state index is -0.104. The van der Waals surface area contributed by atoms with E-state index in [-0.39, 0.29) is 10.7 Å². The number of rotatable bonds is 6. The summed E-state index contributed by atoms with van der Waals surface area (Å²) in [7, 11) is 0. The Hall–Kier alpha value is -0.940. The summed E-state index contributed by atoms with van der Waals surface area (Å²) in [6.45, 7) is 3.43. The molecule has 1 amide bonds. The van der Waals surface area contributed by atoms with Crippen molar-refractivity contribution in [3.63, 3.8) is 0 Å². The van der Waals surface area contributed by atoms with Gasteiger partial charge in [-0.3, -0.25) is 4.79 Å². The van der Waals surface area contributed by atoms with Gasteiger partial charge in [0.25, 0.3) is 5.91 Å². The topological polar surface area (TPSA) is 54.0 Å². The van der Waals surface area contributed by atoms with Crippen molar-refractivity contribution in [3.05, 3.63) is 22.8 Å². The minimum Gasteiger partial charge on any atom is -0.369 e. The molecule has 0 radical (unpaired) electrons.